The highest BCUT2D eigenvalue weighted by Gasteiger charge is 2.32. The molecule has 0 spiro atoms. The first-order valence-electron chi connectivity index (χ1n) is 10.4. The molecule has 2 aromatic rings. The maximum atomic E-state index is 11.7. The minimum atomic E-state index is -0.390. The van der Waals surface area contributed by atoms with Crippen LogP contribution in [0.5, 0.6) is 0 Å². The normalized spacial score (nSPS) is 14.5. The highest BCUT2D eigenvalue weighted by Crippen LogP contribution is 2.42. The molecule has 0 saturated heterocycles. The lowest BCUT2D eigenvalue weighted by atomic mass is 9.78. The van der Waals surface area contributed by atoms with E-state index >= 15 is 0 Å². The number of allylic oxidation sites excluding steroid dienone is 4. The molecule has 0 N–H and O–H groups in total. The molecule has 0 aliphatic heterocycles. The van der Waals surface area contributed by atoms with Crippen LogP contribution in [0.25, 0.3) is 11.1 Å². The van der Waals surface area contributed by atoms with Crippen LogP contribution >= 0.6 is 31.9 Å². The van der Waals surface area contributed by atoms with E-state index in [9.17, 15) is 4.79 Å². The summed E-state index contributed by atoms with van der Waals surface area (Å²) >= 11 is 6.94. The molecule has 0 atom stereocenters. The van der Waals surface area contributed by atoms with Crippen molar-refractivity contribution in [3.05, 3.63) is 79.7 Å². The van der Waals surface area contributed by atoms with Gasteiger partial charge in [-0.3, -0.25) is 4.79 Å². The quantitative estimate of drug-likeness (QED) is 0.396. The summed E-state index contributed by atoms with van der Waals surface area (Å²) in [5.74, 6) is 0.217. The third-order valence-corrected chi connectivity index (χ3v) is 7.26. The predicted octanol–water partition coefficient (Wildman–Crippen LogP) is 7.94. The summed E-state index contributed by atoms with van der Waals surface area (Å²) in [6.45, 7) is 9.60. The molecule has 0 unspecified atom stereocenters. The standard InChI is InChI=1S/C14H15BrO.C13H12BrN/c1-9(16)14(2,3)13-7-4-10-8-11(15)5-6-12(10)13;1-13(2,8-15)12-6-3-9-7-10(14)4-5-11(9)12/h5-8H,4H2,1-3H3;4-7H,3H2,1-2H3. The van der Waals surface area contributed by atoms with E-state index in [4.69, 9.17) is 5.26 Å². The molecule has 2 nitrogen and oxygen atoms in total. The lowest BCUT2D eigenvalue weighted by molar-refractivity contribution is -0.122. The van der Waals surface area contributed by atoms with Crippen LogP contribution in [0, 0.1) is 22.2 Å². The van der Waals surface area contributed by atoms with E-state index in [-0.39, 0.29) is 16.6 Å². The summed E-state index contributed by atoms with van der Waals surface area (Å²) < 4.78 is 2.20. The van der Waals surface area contributed by atoms with Crippen molar-refractivity contribution in [2.24, 2.45) is 10.8 Å². The number of carbonyl (C=O) groups excluding carboxylic acids is 1. The van der Waals surface area contributed by atoms with Crippen molar-refractivity contribution in [3.63, 3.8) is 0 Å². The molecule has 0 heterocycles. The Bertz CT molecular complexity index is 1150. The van der Waals surface area contributed by atoms with Crippen molar-refractivity contribution >= 4 is 48.8 Å². The smallest absolute Gasteiger partial charge is 0.139 e. The molecule has 0 fully saturated rings. The first kappa shape index (κ1) is 23.7. The van der Waals surface area contributed by atoms with Crippen molar-refractivity contribution in [1.29, 1.82) is 5.26 Å². The second-order valence-corrected chi connectivity index (χ2v) is 11.0. The zero-order chi connectivity index (χ0) is 23.0. The molecule has 0 radical (unpaired) electrons. The van der Waals surface area contributed by atoms with Gasteiger partial charge in [-0.2, -0.15) is 5.26 Å². The maximum absolute atomic E-state index is 11.7. The number of Topliss-reactive ketones (excluding diaryl/α,β-unsaturated/α-hetero) is 1. The van der Waals surface area contributed by atoms with E-state index < -0.39 is 0 Å². The van der Waals surface area contributed by atoms with Crippen LogP contribution in [-0.4, -0.2) is 5.78 Å². The number of benzene rings is 2. The molecule has 0 bridgehead atoms. The third kappa shape index (κ3) is 4.78. The monoisotopic (exact) mass is 539 g/mol. The molecule has 2 aromatic carbocycles. The van der Waals surface area contributed by atoms with Crippen LogP contribution < -0.4 is 0 Å². The molecule has 4 heteroatoms. The molecule has 0 saturated carbocycles. The van der Waals surface area contributed by atoms with Gasteiger partial charge in [0.15, 0.2) is 0 Å². The molecule has 0 aromatic heterocycles. The minimum absolute atomic E-state index is 0.217. The number of fused-ring (bicyclic) bond motifs is 2. The van der Waals surface area contributed by atoms with Crippen LogP contribution in [-0.2, 0) is 17.6 Å². The summed E-state index contributed by atoms with van der Waals surface area (Å²) in [6, 6.07) is 14.9. The molecule has 2 aliphatic rings. The van der Waals surface area contributed by atoms with Crippen molar-refractivity contribution in [2.75, 3.05) is 0 Å². The molecular formula is C27H27Br2NO. The molecule has 31 heavy (non-hydrogen) atoms. The van der Waals surface area contributed by atoms with Crippen molar-refractivity contribution in [1.82, 2.24) is 0 Å². The van der Waals surface area contributed by atoms with Crippen LogP contribution in [0.4, 0.5) is 0 Å². The minimum Gasteiger partial charge on any atom is -0.299 e. The Labute approximate surface area is 202 Å². The summed E-state index contributed by atoms with van der Waals surface area (Å²) in [5.41, 5.74) is 6.63. The van der Waals surface area contributed by atoms with Gasteiger partial charge >= 0.3 is 0 Å². The average Bonchev–Trinajstić information content (AvgIpc) is 3.32. The number of hydrogen-bond donors (Lipinski definition) is 0. The van der Waals surface area contributed by atoms with Gasteiger partial charge in [0.25, 0.3) is 0 Å². The highest BCUT2D eigenvalue weighted by molar-refractivity contribution is 9.10. The van der Waals surface area contributed by atoms with Gasteiger partial charge in [0, 0.05) is 14.4 Å². The van der Waals surface area contributed by atoms with E-state index in [0.29, 0.717) is 0 Å². The van der Waals surface area contributed by atoms with Gasteiger partial charge in [-0.1, -0.05) is 56.1 Å². The highest BCUT2D eigenvalue weighted by atomic mass is 79.9. The van der Waals surface area contributed by atoms with Gasteiger partial charge in [-0.05, 0) is 105 Å². The van der Waals surface area contributed by atoms with Gasteiger partial charge < -0.3 is 0 Å². The second kappa shape index (κ2) is 8.88. The Morgan fingerprint density at radius 1 is 0.871 bits per heavy atom. The van der Waals surface area contributed by atoms with Gasteiger partial charge in [0.1, 0.15) is 5.78 Å². The Kier molecular flexibility index (Phi) is 6.79. The van der Waals surface area contributed by atoms with E-state index in [1.807, 2.05) is 39.8 Å². The van der Waals surface area contributed by atoms with Gasteiger partial charge in [0.2, 0.25) is 0 Å². The molecule has 2 aliphatic carbocycles. The Hall–Kier alpha value is -1.96. The first-order chi connectivity index (χ1) is 14.5. The van der Waals surface area contributed by atoms with Crippen LogP contribution in [0.1, 0.15) is 56.9 Å². The SMILES string of the molecule is CC(=O)C(C)(C)C1=CCc2cc(Br)ccc21.CC(C)(C#N)C1=CCc2cc(Br)ccc21. The second-order valence-electron chi connectivity index (χ2n) is 9.16. The Morgan fingerprint density at radius 3 is 1.77 bits per heavy atom. The topological polar surface area (TPSA) is 40.9 Å². The van der Waals surface area contributed by atoms with Crippen molar-refractivity contribution in [3.8, 4) is 6.07 Å². The number of ketones is 1. The first-order valence-corrected chi connectivity index (χ1v) is 12.0. The number of nitrogens with zero attached hydrogens (tertiary/aromatic N) is 1. The number of hydrogen-bond acceptors (Lipinski definition) is 2. The van der Waals surface area contributed by atoms with Gasteiger partial charge in [-0.25, -0.2) is 0 Å². The third-order valence-electron chi connectivity index (χ3n) is 6.27. The molecular weight excluding hydrogens is 514 g/mol. The summed E-state index contributed by atoms with van der Waals surface area (Å²) in [7, 11) is 0. The zero-order valence-corrected chi connectivity index (χ0v) is 21.8. The zero-order valence-electron chi connectivity index (χ0n) is 18.6. The fraction of sp³-hybridized carbons (Fsp3) is 0.333. The van der Waals surface area contributed by atoms with Crippen molar-refractivity contribution < 1.29 is 4.79 Å². The number of halogens is 2. The molecule has 160 valence electrons. The average molecular weight is 541 g/mol. The van der Waals surface area contributed by atoms with Gasteiger partial charge in [-0.15, -0.1) is 0 Å². The number of nitriles is 1. The van der Waals surface area contributed by atoms with Crippen LogP contribution in [0.2, 0.25) is 0 Å². The van der Waals surface area contributed by atoms with E-state index in [1.54, 1.807) is 6.92 Å². The number of carbonyl (C=O) groups is 1. The predicted molar refractivity (Wildman–Crippen MR) is 136 cm³/mol. The fourth-order valence-electron chi connectivity index (χ4n) is 4.07. The lowest BCUT2D eigenvalue weighted by Gasteiger charge is -2.24. The summed E-state index contributed by atoms with van der Waals surface area (Å²) in [4.78, 5) is 11.7. The van der Waals surface area contributed by atoms with Crippen molar-refractivity contribution in [2.45, 2.75) is 47.5 Å². The lowest BCUT2D eigenvalue weighted by Crippen LogP contribution is -2.22. The van der Waals surface area contributed by atoms with Crippen LogP contribution in [0.15, 0.2) is 57.5 Å². The summed E-state index contributed by atoms with van der Waals surface area (Å²) in [6.07, 6.45) is 6.22. The Balaban J connectivity index is 0.000000176. The largest absolute Gasteiger partial charge is 0.299 e. The maximum Gasteiger partial charge on any atom is 0.139 e. The van der Waals surface area contributed by atoms with E-state index in [2.05, 4.69) is 74.3 Å². The van der Waals surface area contributed by atoms with E-state index in [0.717, 1.165) is 27.4 Å². The molecule has 4 rings (SSSR count). The fourth-order valence-corrected chi connectivity index (χ4v) is 4.88. The van der Waals surface area contributed by atoms with Gasteiger partial charge in [0.05, 0.1) is 11.5 Å². The number of rotatable bonds is 3. The molecule has 0 amide bonds. The Morgan fingerprint density at radius 2 is 1.32 bits per heavy atom. The van der Waals surface area contributed by atoms with E-state index in [1.165, 1.54) is 27.8 Å². The van der Waals surface area contributed by atoms with Crippen LogP contribution in [0.3, 0.4) is 0 Å². The summed E-state index contributed by atoms with van der Waals surface area (Å²) in [5, 5.41) is 9.13.